The summed E-state index contributed by atoms with van der Waals surface area (Å²) in [6, 6.07) is 6.28. The predicted molar refractivity (Wildman–Crippen MR) is 85.7 cm³/mol. The van der Waals surface area contributed by atoms with Crippen molar-refractivity contribution in [3.8, 4) is 0 Å². The number of rotatable bonds is 6. The second kappa shape index (κ2) is 8.21. The van der Waals surface area contributed by atoms with E-state index in [-0.39, 0.29) is 37.2 Å². The number of carbonyl (C=O) groups is 2. The van der Waals surface area contributed by atoms with Crippen molar-refractivity contribution in [2.24, 2.45) is 0 Å². The van der Waals surface area contributed by atoms with Crippen LogP contribution >= 0.6 is 0 Å². The monoisotopic (exact) mass is 338 g/mol. The first-order valence-electron chi connectivity index (χ1n) is 7.84. The van der Waals surface area contributed by atoms with Crippen LogP contribution < -0.4 is 5.32 Å². The second-order valence-corrected chi connectivity index (χ2v) is 5.95. The minimum atomic E-state index is -0.877. The molecule has 0 bridgehead atoms. The van der Waals surface area contributed by atoms with E-state index < -0.39 is 5.60 Å². The summed E-state index contributed by atoms with van der Waals surface area (Å²) in [5, 5.41) is 2.70. The lowest BCUT2D eigenvalue weighted by Crippen LogP contribution is -2.57. The average Bonchev–Trinajstić information content (AvgIpc) is 2.54. The van der Waals surface area contributed by atoms with Gasteiger partial charge in [-0.15, -0.1) is 0 Å². The van der Waals surface area contributed by atoms with Crippen LogP contribution in [0.1, 0.15) is 18.9 Å². The molecular weight excluding hydrogens is 315 g/mol. The smallest absolute Gasteiger partial charge is 0.223 e. The largest absolute Gasteiger partial charge is 0.382 e. The quantitative estimate of drug-likeness (QED) is 0.843. The fourth-order valence-electron chi connectivity index (χ4n) is 2.81. The highest BCUT2D eigenvalue weighted by molar-refractivity contribution is 5.78. The number of carbonyl (C=O) groups excluding carboxylic acids is 2. The number of amides is 2. The number of morpholine rings is 1. The molecule has 0 aromatic heterocycles. The van der Waals surface area contributed by atoms with E-state index in [2.05, 4.69) is 5.32 Å². The Hall–Kier alpha value is -1.99. The van der Waals surface area contributed by atoms with Crippen molar-refractivity contribution in [1.82, 2.24) is 10.2 Å². The lowest BCUT2D eigenvalue weighted by Gasteiger charge is -2.41. The van der Waals surface area contributed by atoms with Crippen LogP contribution in [0.5, 0.6) is 0 Å². The zero-order valence-corrected chi connectivity index (χ0v) is 14.0. The van der Waals surface area contributed by atoms with Crippen LogP contribution in [0.3, 0.4) is 0 Å². The molecule has 0 aliphatic carbocycles. The summed E-state index contributed by atoms with van der Waals surface area (Å²) < 4.78 is 24.6. The maximum atomic E-state index is 13.6. The van der Waals surface area contributed by atoms with Gasteiger partial charge in [0.05, 0.1) is 26.2 Å². The average molecular weight is 338 g/mol. The van der Waals surface area contributed by atoms with Gasteiger partial charge in [-0.2, -0.15) is 0 Å². The van der Waals surface area contributed by atoms with Crippen molar-refractivity contribution >= 4 is 11.8 Å². The Morgan fingerprint density at radius 2 is 2.17 bits per heavy atom. The van der Waals surface area contributed by atoms with E-state index >= 15 is 0 Å². The number of ether oxygens (including phenoxy) is 2. The molecule has 1 atom stereocenters. The number of nitrogens with zero attached hydrogens (tertiary/aromatic N) is 1. The molecule has 2 amide bonds. The van der Waals surface area contributed by atoms with E-state index in [1.54, 1.807) is 23.1 Å². The van der Waals surface area contributed by atoms with Crippen LogP contribution in [-0.4, -0.2) is 55.7 Å². The van der Waals surface area contributed by atoms with E-state index in [0.717, 1.165) is 0 Å². The minimum Gasteiger partial charge on any atom is -0.382 e. The Morgan fingerprint density at radius 3 is 2.83 bits per heavy atom. The lowest BCUT2D eigenvalue weighted by molar-refractivity contribution is -0.165. The topological polar surface area (TPSA) is 67.9 Å². The standard InChI is InChI=1S/C17H23FN2O4/c1-13(21)20-7-8-24-17(11-20,12-23-2)9-16(22)19-10-14-5-3-4-6-15(14)18/h3-6H,7-12H2,1-2H3,(H,19,22)/t17-/m0/s1. The van der Waals surface area contributed by atoms with Gasteiger partial charge in [0, 0.05) is 32.7 Å². The summed E-state index contributed by atoms with van der Waals surface area (Å²) in [7, 11) is 1.52. The molecule has 0 unspecified atom stereocenters. The molecule has 0 radical (unpaired) electrons. The first-order valence-corrected chi connectivity index (χ1v) is 7.84. The van der Waals surface area contributed by atoms with Crippen LogP contribution in [0.25, 0.3) is 0 Å². The Balaban J connectivity index is 1.98. The molecule has 1 N–H and O–H groups in total. The van der Waals surface area contributed by atoms with Gasteiger partial charge < -0.3 is 19.7 Å². The highest BCUT2D eigenvalue weighted by Crippen LogP contribution is 2.23. The molecule has 7 heteroatoms. The van der Waals surface area contributed by atoms with Crippen LogP contribution in [0.2, 0.25) is 0 Å². The lowest BCUT2D eigenvalue weighted by atomic mass is 9.97. The molecule has 1 aliphatic rings. The van der Waals surface area contributed by atoms with Crippen LogP contribution in [-0.2, 0) is 25.6 Å². The van der Waals surface area contributed by atoms with Gasteiger partial charge in [0.25, 0.3) is 0 Å². The zero-order chi connectivity index (χ0) is 17.6. The second-order valence-electron chi connectivity index (χ2n) is 5.95. The molecule has 6 nitrogen and oxygen atoms in total. The maximum Gasteiger partial charge on any atom is 0.223 e. The zero-order valence-electron chi connectivity index (χ0n) is 14.0. The summed E-state index contributed by atoms with van der Waals surface area (Å²) in [4.78, 5) is 25.5. The maximum absolute atomic E-state index is 13.6. The fraction of sp³-hybridized carbons (Fsp3) is 0.529. The molecule has 24 heavy (non-hydrogen) atoms. The Kier molecular flexibility index (Phi) is 6.28. The van der Waals surface area contributed by atoms with Crippen molar-refractivity contribution < 1.29 is 23.5 Å². The third-order valence-corrected chi connectivity index (χ3v) is 4.02. The first-order chi connectivity index (χ1) is 11.5. The number of methoxy groups -OCH3 is 1. The number of halogens is 1. The van der Waals surface area contributed by atoms with Crippen LogP contribution in [0, 0.1) is 5.82 Å². The van der Waals surface area contributed by atoms with Gasteiger partial charge >= 0.3 is 0 Å². The van der Waals surface area contributed by atoms with Gasteiger partial charge in [0.1, 0.15) is 11.4 Å². The summed E-state index contributed by atoms with van der Waals surface area (Å²) in [6.45, 7) is 2.93. The van der Waals surface area contributed by atoms with E-state index in [4.69, 9.17) is 9.47 Å². The first kappa shape index (κ1) is 18.4. The number of hydrogen-bond donors (Lipinski definition) is 1. The Labute approximate surface area is 140 Å². The van der Waals surface area contributed by atoms with Gasteiger partial charge in [-0.05, 0) is 6.07 Å². The highest BCUT2D eigenvalue weighted by atomic mass is 19.1. The summed E-state index contributed by atoms with van der Waals surface area (Å²) >= 11 is 0. The molecule has 132 valence electrons. The van der Waals surface area contributed by atoms with Crippen molar-refractivity contribution in [2.45, 2.75) is 25.5 Å². The van der Waals surface area contributed by atoms with Crippen molar-refractivity contribution in [2.75, 3.05) is 33.4 Å². The summed E-state index contributed by atoms with van der Waals surface area (Å²) in [5.41, 5.74) is -0.459. The third-order valence-electron chi connectivity index (χ3n) is 4.02. The van der Waals surface area contributed by atoms with Gasteiger partial charge in [-0.3, -0.25) is 9.59 Å². The summed E-state index contributed by atoms with van der Waals surface area (Å²) in [6.07, 6.45) is 0.0407. The molecule has 0 spiro atoms. The van der Waals surface area contributed by atoms with Crippen molar-refractivity contribution in [3.05, 3.63) is 35.6 Å². The Morgan fingerprint density at radius 1 is 1.42 bits per heavy atom. The molecule has 1 heterocycles. The molecular formula is C17H23FN2O4. The molecule has 1 aromatic rings. The van der Waals surface area contributed by atoms with E-state index in [0.29, 0.717) is 25.3 Å². The number of benzene rings is 1. The van der Waals surface area contributed by atoms with Gasteiger partial charge in [0.15, 0.2) is 0 Å². The molecule has 2 rings (SSSR count). The van der Waals surface area contributed by atoms with Crippen molar-refractivity contribution in [1.29, 1.82) is 0 Å². The summed E-state index contributed by atoms with van der Waals surface area (Å²) in [5.74, 6) is -0.702. The fourth-order valence-corrected chi connectivity index (χ4v) is 2.81. The molecule has 0 saturated carbocycles. The van der Waals surface area contributed by atoms with E-state index in [9.17, 15) is 14.0 Å². The van der Waals surface area contributed by atoms with E-state index in [1.807, 2.05) is 0 Å². The van der Waals surface area contributed by atoms with Crippen LogP contribution in [0.15, 0.2) is 24.3 Å². The highest BCUT2D eigenvalue weighted by Gasteiger charge is 2.39. The van der Waals surface area contributed by atoms with Gasteiger partial charge in [-0.1, -0.05) is 18.2 Å². The minimum absolute atomic E-state index is 0.0407. The number of hydrogen-bond acceptors (Lipinski definition) is 4. The number of nitrogens with one attached hydrogen (secondary N) is 1. The molecule has 1 aromatic carbocycles. The van der Waals surface area contributed by atoms with E-state index in [1.165, 1.54) is 20.1 Å². The SMILES string of the molecule is COC[C@]1(CC(=O)NCc2ccccc2F)CN(C(C)=O)CCO1. The van der Waals surface area contributed by atoms with Gasteiger partial charge in [0.2, 0.25) is 11.8 Å². The van der Waals surface area contributed by atoms with Crippen molar-refractivity contribution in [3.63, 3.8) is 0 Å². The third kappa shape index (κ3) is 4.75. The molecule has 1 aliphatic heterocycles. The predicted octanol–water partition coefficient (Wildman–Crippen LogP) is 1.10. The normalized spacial score (nSPS) is 20.7. The molecule has 1 saturated heterocycles. The van der Waals surface area contributed by atoms with Crippen LogP contribution in [0.4, 0.5) is 4.39 Å². The Bertz CT molecular complexity index is 592. The molecule has 1 fully saturated rings. The van der Waals surface area contributed by atoms with Gasteiger partial charge in [-0.25, -0.2) is 4.39 Å².